The van der Waals surface area contributed by atoms with Crippen molar-refractivity contribution in [3.63, 3.8) is 0 Å². The Morgan fingerprint density at radius 3 is 2.40 bits per heavy atom. The van der Waals surface area contributed by atoms with Crippen LogP contribution in [0.1, 0.15) is 17.3 Å². The summed E-state index contributed by atoms with van der Waals surface area (Å²) >= 11 is 3.20. The highest BCUT2D eigenvalue weighted by atomic mass is 79.9. The van der Waals surface area contributed by atoms with Crippen LogP contribution in [0.25, 0.3) is 0 Å². The third kappa shape index (κ3) is 4.80. The average Bonchev–Trinajstić information content (AvgIpc) is 2.53. The third-order valence-electron chi connectivity index (χ3n) is 3.07. The summed E-state index contributed by atoms with van der Waals surface area (Å²) in [6.45, 7) is 1.35. The van der Waals surface area contributed by atoms with E-state index >= 15 is 0 Å². The first kappa shape index (κ1) is 18.9. The van der Waals surface area contributed by atoms with E-state index in [9.17, 15) is 18.0 Å². The van der Waals surface area contributed by atoms with Crippen LogP contribution >= 0.6 is 15.9 Å². The van der Waals surface area contributed by atoms with Gasteiger partial charge >= 0.3 is 5.97 Å². The Labute approximate surface area is 153 Å². The number of benzene rings is 2. The fraction of sp³-hybridized carbons (Fsp3) is 0.125. The second-order valence-corrected chi connectivity index (χ2v) is 7.57. The molecule has 0 spiro atoms. The highest BCUT2D eigenvalue weighted by molar-refractivity contribution is 9.10. The molecule has 0 saturated carbocycles. The van der Waals surface area contributed by atoms with Crippen LogP contribution in [0.2, 0.25) is 0 Å². The molecule has 0 saturated heterocycles. The summed E-state index contributed by atoms with van der Waals surface area (Å²) in [7, 11) is -2.87. The lowest BCUT2D eigenvalue weighted by molar-refractivity contribution is -0.114. The van der Waals surface area contributed by atoms with Gasteiger partial charge in [-0.3, -0.25) is 9.52 Å². The maximum absolute atomic E-state index is 12.7. The lowest BCUT2D eigenvalue weighted by Crippen LogP contribution is -2.17. The number of esters is 1. The van der Waals surface area contributed by atoms with Gasteiger partial charge in [-0.25, -0.2) is 13.2 Å². The number of hydrogen-bond acceptors (Lipinski definition) is 5. The molecule has 2 aromatic rings. The highest BCUT2D eigenvalue weighted by Crippen LogP contribution is 2.25. The standard InChI is InChI=1S/C16H15BrN2O5S/c1-10(20)18-12-4-3-5-13(9-12)19-25(22,23)15-7-6-11(17)8-14(15)16(21)24-2/h3-9,19H,1-2H3,(H,18,20). The molecule has 0 bridgehead atoms. The van der Waals surface area contributed by atoms with Gasteiger partial charge in [-0.1, -0.05) is 22.0 Å². The van der Waals surface area contributed by atoms with Crippen molar-refractivity contribution in [2.45, 2.75) is 11.8 Å². The van der Waals surface area contributed by atoms with Crippen molar-refractivity contribution in [3.05, 3.63) is 52.5 Å². The molecule has 1 amide bonds. The quantitative estimate of drug-likeness (QED) is 0.715. The second kappa shape index (κ2) is 7.66. The molecular weight excluding hydrogens is 412 g/mol. The van der Waals surface area contributed by atoms with E-state index in [2.05, 4.69) is 30.7 Å². The van der Waals surface area contributed by atoms with Crippen LogP contribution in [0.15, 0.2) is 51.8 Å². The first-order chi connectivity index (χ1) is 11.7. The van der Waals surface area contributed by atoms with Crippen molar-refractivity contribution in [2.24, 2.45) is 0 Å². The molecule has 0 aliphatic carbocycles. The molecule has 7 nitrogen and oxygen atoms in total. The second-order valence-electron chi connectivity index (χ2n) is 5.00. The minimum atomic E-state index is -4.05. The van der Waals surface area contributed by atoms with E-state index in [1.54, 1.807) is 12.1 Å². The predicted molar refractivity (Wildman–Crippen MR) is 97.0 cm³/mol. The van der Waals surface area contributed by atoms with E-state index in [4.69, 9.17) is 0 Å². The molecule has 2 aromatic carbocycles. The van der Waals surface area contributed by atoms with Crippen LogP contribution < -0.4 is 10.0 Å². The number of rotatable bonds is 5. The van der Waals surface area contributed by atoms with E-state index in [1.807, 2.05) is 0 Å². The van der Waals surface area contributed by atoms with Gasteiger partial charge in [0.05, 0.1) is 18.4 Å². The summed E-state index contributed by atoms with van der Waals surface area (Å²) < 4.78 is 32.9. The van der Waals surface area contributed by atoms with Crippen molar-refractivity contribution in [3.8, 4) is 0 Å². The first-order valence-electron chi connectivity index (χ1n) is 7.01. The third-order valence-corrected chi connectivity index (χ3v) is 5.00. The molecule has 0 atom stereocenters. The molecule has 9 heteroatoms. The van der Waals surface area contributed by atoms with Gasteiger partial charge in [0.1, 0.15) is 4.90 Å². The minimum Gasteiger partial charge on any atom is -0.465 e. The maximum atomic E-state index is 12.7. The summed E-state index contributed by atoms with van der Waals surface area (Å²) in [5, 5.41) is 2.56. The van der Waals surface area contributed by atoms with Crippen LogP contribution in [-0.2, 0) is 19.6 Å². The Bertz CT molecular complexity index is 928. The number of carbonyl (C=O) groups excluding carboxylic acids is 2. The Morgan fingerprint density at radius 2 is 1.76 bits per heavy atom. The van der Waals surface area contributed by atoms with Gasteiger partial charge in [0.25, 0.3) is 10.0 Å². The van der Waals surface area contributed by atoms with Gasteiger partial charge in [-0.2, -0.15) is 0 Å². The highest BCUT2D eigenvalue weighted by Gasteiger charge is 2.23. The summed E-state index contributed by atoms with van der Waals surface area (Å²) in [4.78, 5) is 22.8. The van der Waals surface area contributed by atoms with Crippen LogP contribution in [-0.4, -0.2) is 27.4 Å². The molecule has 2 rings (SSSR count). The molecule has 25 heavy (non-hydrogen) atoms. The Hall–Kier alpha value is -2.39. The van der Waals surface area contributed by atoms with Crippen molar-refractivity contribution >= 4 is 49.2 Å². The molecule has 0 fully saturated rings. The van der Waals surface area contributed by atoms with E-state index in [1.165, 1.54) is 44.4 Å². The largest absolute Gasteiger partial charge is 0.465 e. The lowest BCUT2D eigenvalue weighted by Gasteiger charge is -2.12. The first-order valence-corrected chi connectivity index (χ1v) is 9.29. The molecule has 0 aliphatic rings. The number of carbonyl (C=O) groups is 2. The molecule has 0 aliphatic heterocycles. The molecule has 0 aromatic heterocycles. The molecule has 0 unspecified atom stereocenters. The zero-order valence-corrected chi connectivity index (χ0v) is 15.8. The Kier molecular flexibility index (Phi) is 5.81. The van der Waals surface area contributed by atoms with Crippen LogP contribution in [0.5, 0.6) is 0 Å². The lowest BCUT2D eigenvalue weighted by atomic mass is 10.2. The van der Waals surface area contributed by atoms with Crippen molar-refractivity contribution in [2.75, 3.05) is 17.1 Å². The Balaban J connectivity index is 2.40. The van der Waals surface area contributed by atoms with E-state index in [0.29, 0.717) is 10.2 Å². The average molecular weight is 427 g/mol. The zero-order chi connectivity index (χ0) is 18.6. The van der Waals surface area contributed by atoms with Gasteiger partial charge in [0.15, 0.2) is 0 Å². The number of sulfonamides is 1. The fourth-order valence-corrected chi connectivity index (χ4v) is 3.67. The number of halogens is 1. The zero-order valence-electron chi connectivity index (χ0n) is 13.4. The van der Waals surface area contributed by atoms with Crippen molar-refractivity contribution in [1.82, 2.24) is 0 Å². The fourth-order valence-electron chi connectivity index (χ4n) is 2.08. The molecule has 0 radical (unpaired) electrons. The van der Waals surface area contributed by atoms with Crippen LogP contribution in [0.4, 0.5) is 11.4 Å². The SMILES string of the molecule is COC(=O)c1cc(Br)ccc1S(=O)(=O)Nc1cccc(NC(C)=O)c1. The number of nitrogens with one attached hydrogen (secondary N) is 2. The predicted octanol–water partition coefficient (Wildman–Crippen LogP) is 2.99. The minimum absolute atomic E-state index is 0.0950. The van der Waals surface area contributed by atoms with Crippen LogP contribution in [0, 0.1) is 0 Å². The number of methoxy groups -OCH3 is 1. The number of hydrogen-bond donors (Lipinski definition) is 2. The Morgan fingerprint density at radius 1 is 1.08 bits per heavy atom. The van der Waals surface area contributed by atoms with Gasteiger partial charge in [0.2, 0.25) is 5.91 Å². The molecule has 132 valence electrons. The summed E-state index contributed by atoms with van der Waals surface area (Å²) in [5.74, 6) is -1.05. The molecule has 0 heterocycles. The number of ether oxygens (including phenoxy) is 1. The number of anilines is 2. The van der Waals surface area contributed by atoms with E-state index < -0.39 is 16.0 Å². The van der Waals surface area contributed by atoms with Gasteiger partial charge in [0, 0.05) is 17.1 Å². The number of amides is 1. The van der Waals surface area contributed by atoms with Gasteiger partial charge < -0.3 is 10.1 Å². The summed E-state index contributed by atoms with van der Waals surface area (Å²) in [5.41, 5.74) is 0.587. The van der Waals surface area contributed by atoms with E-state index in [0.717, 1.165) is 0 Å². The van der Waals surface area contributed by atoms with Gasteiger partial charge in [-0.05, 0) is 36.4 Å². The topological polar surface area (TPSA) is 102 Å². The molecule has 2 N–H and O–H groups in total. The smallest absolute Gasteiger partial charge is 0.339 e. The summed E-state index contributed by atoms with van der Waals surface area (Å²) in [6, 6.07) is 10.4. The maximum Gasteiger partial charge on any atom is 0.339 e. The monoisotopic (exact) mass is 426 g/mol. The van der Waals surface area contributed by atoms with Crippen LogP contribution in [0.3, 0.4) is 0 Å². The normalized spacial score (nSPS) is 10.8. The molecular formula is C16H15BrN2O5S. The van der Waals surface area contributed by atoms with Crippen molar-refractivity contribution in [1.29, 1.82) is 0 Å². The summed E-state index contributed by atoms with van der Waals surface area (Å²) in [6.07, 6.45) is 0. The van der Waals surface area contributed by atoms with Crippen molar-refractivity contribution < 1.29 is 22.7 Å². The van der Waals surface area contributed by atoms with Gasteiger partial charge in [-0.15, -0.1) is 0 Å². The van der Waals surface area contributed by atoms with E-state index in [-0.39, 0.29) is 22.1 Å².